The van der Waals surface area contributed by atoms with Crippen LogP contribution in [0.5, 0.6) is 0 Å². The van der Waals surface area contributed by atoms with Gasteiger partial charge in [0.25, 0.3) is 0 Å². The van der Waals surface area contributed by atoms with Crippen LogP contribution >= 0.6 is 0 Å². The molecule has 0 unspecified atom stereocenters. The number of nitrogens with zero attached hydrogens (tertiary/aromatic N) is 3. The van der Waals surface area contributed by atoms with Crippen molar-refractivity contribution in [2.75, 3.05) is 37.7 Å². The second kappa shape index (κ2) is 6.71. The lowest BCUT2D eigenvalue weighted by molar-refractivity contribution is 0.122. The van der Waals surface area contributed by atoms with E-state index in [1.807, 2.05) is 0 Å². The maximum atomic E-state index is 5.38. The van der Waals surface area contributed by atoms with Gasteiger partial charge >= 0.3 is 0 Å². The van der Waals surface area contributed by atoms with Gasteiger partial charge in [-0.15, -0.1) is 0 Å². The van der Waals surface area contributed by atoms with E-state index >= 15 is 0 Å². The number of aryl methyl sites for hydroxylation is 2. The number of aromatic nitrogens is 2. The van der Waals surface area contributed by atoms with Crippen molar-refractivity contribution in [2.24, 2.45) is 0 Å². The second-order valence-corrected chi connectivity index (χ2v) is 6.70. The number of rotatable bonds is 4. The van der Waals surface area contributed by atoms with Crippen LogP contribution in [0.25, 0.3) is 0 Å². The van der Waals surface area contributed by atoms with E-state index in [0.717, 1.165) is 56.6 Å². The molecule has 2 rings (SSSR count). The quantitative estimate of drug-likeness (QED) is 0.918. The molecule has 0 atom stereocenters. The second-order valence-electron chi connectivity index (χ2n) is 6.70. The third kappa shape index (κ3) is 4.64. The SMILES string of the molecule is Cc1nc(N2CCOCC2)nc(C)c1CCNC(C)(C)C. The number of ether oxygens (including phenoxy) is 1. The van der Waals surface area contributed by atoms with Gasteiger partial charge in [-0.05, 0) is 53.1 Å². The van der Waals surface area contributed by atoms with Crippen LogP contribution in [0.4, 0.5) is 5.95 Å². The summed E-state index contributed by atoms with van der Waals surface area (Å²) in [5.41, 5.74) is 3.61. The van der Waals surface area contributed by atoms with E-state index in [4.69, 9.17) is 14.7 Å². The molecule has 0 spiro atoms. The molecule has 21 heavy (non-hydrogen) atoms. The summed E-state index contributed by atoms with van der Waals surface area (Å²) >= 11 is 0. The summed E-state index contributed by atoms with van der Waals surface area (Å²) in [5.74, 6) is 0.848. The van der Waals surface area contributed by atoms with Crippen molar-refractivity contribution < 1.29 is 4.74 Å². The van der Waals surface area contributed by atoms with Crippen LogP contribution < -0.4 is 10.2 Å². The van der Waals surface area contributed by atoms with E-state index in [-0.39, 0.29) is 5.54 Å². The lowest BCUT2D eigenvalue weighted by atomic mass is 10.1. The van der Waals surface area contributed by atoms with E-state index < -0.39 is 0 Å². The number of morpholine rings is 1. The van der Waals surface area contributed by atoms with Gasteiger partial charge in [0.15, 0.2) is 0 Å². The Morgan fingerprint density at radius 3 is 2.19 bits per heavy atom. The summed E-state index contributed by atoms with van der Waals surface area (Å²) in [6, 6.07) is 0. The molecule has 0 amide bonds. The molecular weight excluding hydrogens is 264 g/mol. The lowest BCUT2D eigenvalue weighted by Gasteiger charge is -2.27. The van der Waals surface area contributed by atoms with E-state index in [1.165, 1.54) is 5.56 Å². The van der Waals surface area contributed by atoms with Gasteiger partial charge in [-0.25, -0.2) is 9.97 Å². The Labute approximate surface area is 128 Å². The first-order valence-corrected chi connectivity index (χ1v) is 7.78. The van der Waals surface area contributed by atoms with Crippen molar-refractivity contribution in [1.82, 2.24) is 15.3 Å². The molecule has 1 N–H and O–H groups in total. The fourth-order valence-electron chi connectivity index (χ4n) is 2.55. The molecule has 0 saturated carbocycles. The fraction of sp³-hybridized carbons (Fsp3) is 0.750. The highest BCUT2D eigenvalue weighted by molar-refractivity contribution is 5.37. The van der Waals surface area contributed by atoms with Crippen molar-refractivity contribution in [1.29, 1.82) is 0 Å². The molecule has 1 aromatic heterocycles. The van der Waals surface area contributed by atoms with E-state index in [0.29, 0.717) is 0 Å². The molecule has 0 radical (unpaired) electrons. The number of hydrogen-bond donors (Lipinski definition) is 1. The molecule has 1 saturated heterocycles. The first kappa shape index (κ1) is 16.2. The normalized spacial score (nSPS) is 16.3. The van der Waals surface area contributed by atoms with Gasteiger partial charge in [0.2, 0.25) is 5.95 Å². The highest BCUT2D eigenvalue weighted by Crippen LogP contribution is 2.17. The zero-order valence-electron chi connectivity index (χ0n) is 14.0. The maximum Gasteiger partial charge on any atom is 0.225 e. The summed E-state index contributed by atoms with van der Waals surface area (Å²) in [5, 5.41) is 3.52. The van der Waals surface area contributed by atoms with Crippen LogP contribution in [-0.4, -0.2) is 48.4 Å². The Balaban J connectivity index is 2.06. The minimum absolute atomic E-state index is 0.149. The van der Waals surface area contributed by atoms with E-state index in [2.05, 4.69) is 44.8 Å². The van der Waals surface area contributed by atoms with Crippen molar-refractivity contribution >= 4 is 5.95 Å². The average molecular weight is 292 g/mol. The van der Waals surface area contributed by atoms with Crippen LogP contribution in [-0.2, 0) is 11.2 Å². The van der Waals surface area contributed by atoms with Gasteiger partial charge < -0.3 is 15.0 Å². The van der Waals surface area contributed by atoms with Gasteiger partial charge in [-0.1, -0.05) is 0 Å². The van der Waals surface area contributed by atoms with Crippen LogP contribution in [0.2, 0.25) is 0 Å². The van der Waals surface area contributed by atoms with Gasteiger partial charge in [0.1, 0.15) is 0 Å². The van der Waals surface area contributed by atoms with Crippen molar-refractivity contribution in [2.45, 2.75) is 46.6 Å². The predicted molar refractivity (Wildman–Crippen MR) is 86.0 cm³/mol. The highest BCUT2D eigenvalue weighted by Gasteiger charge is 2.17. The van der Waals surface area contributed by atoms with Crippen LogP contribution in [0.15, 0.2) is 0 Å². The molecule has 1 aliphatic heterocycles. The molecule has 118 valence electrons. The van der Waals surface area contributed by atoms with Crippen molar-refractivity contribution in [3.63, 3.8) is 0 Å². The Morgan fingerprint density at radius 2 is 1.67 bits per heavy atom. The van der Waals surface area contributed by atoms with Crippen LogP contribution in [0.3, 0.4) is 0 Å². The maximum absolute atomic E-state index is 5.38. The predicted octanol–water partition coefficient (Wildman–Crippen LogP) is 1.86. The molecule has 5 heteroatoms. The molecule has 1 fully saturated rings. The molecule has 2 heterocycles. The van der Waals surface area contributed by atoms with Gasteiger partial charge in [0.05, 0.1) is 13.2 Å². The smallest absolute Gasteiger partial charge is 0.225 e. The topological polar surface area (TPSA) is 50.3 Å². The Hall–Kier alpha value is -1.20. The molecule has 1 aliphatic rings. The summed E-state index contributed by atoms with van der Waals surface area (Å²) in [6.45, 7) is 15.0. The standard InChI is InChI=1S/C16H28N4O/c1-12-14(6-7-17-16(3,4)5)13(2)19-15(18-12)20-8-10-21-11-9-20/h17H,6-11H2,1-5H3. The first-order chi connectivity index (χ1) is 9.87. The van der Waals surface area contributed by atoms with Crippen molar-refractivity contribution in [3.8, 4) is 0 Å². The van der Waals surface area contributed by atoms with Crippen LogP contribution in [0, 0.1) is 13.8 Å². The highest BCUT2D eigenvalue weighted by atomic mass is 16.5. The average Bonchev–Trinajstić information content (AvgIpc) is 2.41. The summed E-state index contributed by atoms with van der Waals surface area (Å²) < 4.78 is 5.38. The molecular formula is C16H28N4O. The lowest BCUT2D eigenvalue weighted by Crippen LogP contribution is -2.38. The number of nitrogens with one attached hydrogen (secondary N) is 1. The van der Waals surface area contributed by atoms with Gasteiger partial charge in [-0.3, -0.25) is 0 Å². The largest absolute Gasteiger partial charge is 0.378 e. The summed E-state index contributed by atoms with van der Waals surface area (Å²) in [6.07, 6.45) is 0.971. The van der Waals surface area contributed by atoms with Crippen molar-refractivity contribution in [3.05, 3.63) is 17.0 Å². The molecule has 5 nitrogen and oxygen atoms in total. The van der Waals surface area contributed by atoms with Gasteiger partial charge in [0, 0.05) is 30.0 Å². The van der Waals surface area contributed by atoms with Gasteiger partial charge in [-0.2, -0.15) is 0 Å². The third-order valence-electron chi connectivity index (χ3n) is 3.73. The monoisotopic (exact) mass is 292 g/mol. The zero-order valence-corrected chi connectivity index (χ0v) is 14.0. The molecule has 0 aromatic carbocycles. The molecule has 1 aromatic rings. The fourth-order valence-corrected chi connectivity index (χ4v) is 2.55. The number of anilines is 1. The Bertz CT molecular complexity index is 453. The first-order valence-electron chi connectivity index (χ1n) is 7.78. The Morgan fingerprint density at radius 1 is 1.10 bits per heavy atom. The van der Waals surface area contributed by atoms with Crippen LogP contribution in [0.1, 0.15) is 37.7 Å². The molecule has 0 aliphatic carbocycles. The summed E-state index contributed by atoms with van der Waals surface area (Å²) in [4.78, 5) is 11.6. The van der Waals surface area contributed by atoms with E-state index in [9.17, 15) is 0 Å². The molecule has 0 bridgehead atoms. The summed E-state index contributed by atoms with van der Waals surface area (Å²) in [7, 11) is 0. The minimum atomic E-state index is 0.149. The Kier molecular flexibility index (Phi) is 5.17. The zero-order chi connectivity index (χ0) is 15.5. The third-order valence-corrected chi connectivity index (χ3v) is 3.73. The van der Waals surface area contributed by atoms with E-state index in [1.54, 1.807) is 0 Å². The minimum Gasteiger partial charge on any atom is -0.378 e. The number of hydrogen-bond acceptors (Lipinski definition) is 5.